The number of benzene rings is 1. The number of hydrogen-bond donors (Lipinski definition) is 0. The van der Waals surface area contributed by atoms with Crippen molar-refractivity contribution in [3.8, 4) is 0 Å². The number of hydrogen-bond acceptors (Lipinski definition) is 5. The molecule has 1 aliphatic rings. The molecular formula is C22H27N3O3. The van der Waals surface area contributed by atoms with Crippen LogP contribution in [0.2, 0.25) is 0 Å². The molecule has 6 heteroatoms. The maximum absolute atomic E-state index is 13.4. The SMILES string of the molecule is C=C1CCC(n2c(C)nc3cccc(CCC(=O)CN(C)C)c3c2=O)C(=O)C1. The molecule has 0 saturated heterocycles. The number of rotatable bonds is 6. The van der Waals surface area contributed by atoms with Gasteiger partial charge in [0.1, 0.15) is 11.6 Å². The van der Waals surface area contributed by atoms with Crippen molar-refractivity contribution >= 4 is 22.5 Å². The molecule has 2 aromatic rings. The van der Waals surface area contributed by atoms with Gasteiger partial charge in [-0.25, -0.2) is 4.98 Å². The number of aryl methyl sites for hydroxylation is 2. The van der Waals surface area contributed by atoms with E-state index in [1.165, 1.54) is 0 Å². The predicted octanol–water partition coefficient (Wildman–Crippen LogP) is 2.62. The number of allylic oxidation sites excluding steroid dienone is 1. The van der Waals surface area contributed by atoms with Crippen molar-refractivity contribution in [3.63, 3.8) is 0 Å². The van der Waals surface area contributed by atoms with Crippen molar-refractivity contribution in [2.24, 2.45) is 0 Å². The van der Waals surface area contributed by atoms with Gasteiger partial charge in [-0.1, -0.05) is 24.3 Å². The van der Waals surface area contributed by atoms with Crippen LogP contribution in [0.4, 0.5) is 0 Å². The third kappa shape index (κ3) is 4.12. The monoisotopic (exact) mass is 381 g/mol. The van der Waals surface area contributed by atoms with Gasteiger partial charge >= 0.3 is 0 Å². The van der Waals surface area contributed by atoms with Gasteiger partial charge in [0.25, 0.3) is 5.56 Å². The Bertz CT molecular complexity index is 1000. The molecule has 3 rings (SSSR count). The van der Waals surface area contributed by atoms with Crippen LogP contribution in [0.5, 0.6) is 0 Å². The number of Topliss-reactive ketones (excluding diaryl/α,β-unsaturated/α-hetero) is 2. The summed E-state index contributed by atoms with van der Waals surface area (Å²) in [4.78, 5) is 44.5. The third-order valence-electron chi connectivity index (χ3n) is 5.24. The highest BCUT2D eigenvalue weighted by atomic mass is 16.1. The minimum atomic E-state index is -0.488. The van der Waals surface area contributed by atoms with Crippen molar-refractivity contribution < 1.29 is 9.59 Å². The molecule has 1 aromatic carbocycles. The van der Waals surface area contributed by atoms with E-state index in [9.17, 15) is 14.4 Å². The second kappa shape index (κ2) is 8.19. The van der Waals surface area contributed by atoms with Gasteiger partial charge in [0.2, 0.25) is 0 Å². The average Bonchev–Trinajstić information content (AvgIpc) is 2.60. The Hall–Kier alpha value is -2.60. The van der Waals surface area contributed by atoms with Gasteiger partial charge in [0.05, 0.1) is 23.5 Å². The van der Waals surface area contributed by atoms with Crippen LogP contribution in [0.25, 0.3) is 10.9 Å². The Morgan fingerprint density at radius 1 is 1.32 bits per heavy atom. The van der Waals surface area contributed by atoms with Crippen LogP contribution < -0.4 is 5.56 Å². The molecule has 0 aliphatic heterocycles. The van der Waals surface area contributed by atoms with Crippen LogP contribution in [0, 0.1) is 6.92 Å². The molecule has 6 nitrogen and oxygen atoms in total. The second-order valence-corrected chi connectivity index (χ2v) is 7.87. The van der Waals surface area contributed by atoms with Crippen molar-refractivity contribution in [1.29, 1.82) is 0 Å². The number of aromatic nitrogens is 2. The first kappa shape index (κ1) is 20.1. The fraction of sp³-hybridized carbons (Fsp3) is 0.455. The number of nitrogens with zero attached hydrogens (tertiary/aromatic N) is 3. The summed E-state index contributed by atoms with van der Waals surface area (Å²) in [6.07, 6.45) is 2.48. The Morgan fingerprint density at radius 2 is 2.07 bits per heavy atom. The summed E-state index contributed by atoms with van der Waals surface area (Å²) in [5, 5.41) is 0.517. The molecule has 0 amide bonds. The standard InChI is InChI=1S/C22H27N3O3/c1-14-8-11-19(20(27)12-14)25-15(2)23-18-7-5-6-16(21(18)22(25)28)9-10-17(26)13-24(3)4/h5-7,19H,1,8-13H2,2-4H3. The molecule has 1 unspecified atom stereocenters. The van der Waals surface area contributed by atoms with E-state index in [4.69, 9.17) is 0 Å². The maximum Gasteiger partial charge on any atom is 0.262 e. The van der Waals surface area contributed by atoms with E-state index in [0.717, 1.165) is 17.6 Å². The van der Waals surface area contributed by atoms with Crippen LogP contribution in [0.3, 0.4) is 0 Å². The van der Waals surface area contributed by atoms with Crippen molar-refractivity contribution in [2.45, 2.75) is 45.1 Å². The first-order valence-corrected chi connectivity index (χ1v) is 9.64. The Balaban J connectivity index is 2.01. The van der Waals surface area contributed by atoms with Crippen LogP contribution >= 0.6 is 0 Å². The van der Waals surface area contributed by atoms with Crippen molar-refractivity contribution in [3.05, 3.63) is 52.1 Å². The van der Waals surface area contributed by atoms with E-state index in [1.807, 2.05) is 37.2 Å². The highest BCUT2D eigenvalue weighted by molar-refractivity contribution is 5.87. The normalized spacial score (nSPS) is 17.5. The largest absolute Gasteiger partial charge is 0.302 e. The lowest BCUT2D eigenvalue weighted by atomic mass is 9.90. The summed E-state index contributed by atoms with van der Waals surface area (Å²) in [6.45, 7) is 6.05. The molecule has 28 heavy (non-hydrogen) atoms. The summed E-state index contributed by atoms with van der Waals surface area (Å²) < 4.78 is 1.54. The maximum atomic E-state index is 13.4. The number of ketones is 2. The van der Waals surface area contributed by atoms with Gasteiger partial charge in [-0.3, -0.25) is 19.0 Å². The molecule has 0 N–H and O–H groups in total. The van der Waals surface area contributed by atoms with Crippen molar-refractivity contribution in [1.82, 2.24) is 14.5 Å². The van der Waals surface area contributed by atoms with Gasteiger partial charge in [-0.05, 0) is 51.9 Å². The van der Waals surface area contributed by atoms with Gasteiger partial charge in [-0.15, -0.1) is 0 Å². The molecule has 148 valence electrons. The summed E-state index contributed by atoms with van der Waals surface area (Å²) in [5.41, 5.74) is 2.15. The van der Waals surface area contributed by atoms with Crippen LogP contribution in [0.15, 0.2) is 35.1 Å². The first-order chi connectivity index (χ1) is 13.3. The molecule has 1 fully saturated rings. The third-order valence-corrected chi connectivity index (χ3v) is 5.24. The van der Waals surface area contributed by atoms with Crippen molar-refractivity contribution in [2.75, 3.05) is 20.6 Å². The van der Waals surface area contributed by atoms with E-state index >= 15 is 0 Å². The lowest BCUT2D eigenvalue weighted by Gasteiger charge is -2.26. The Kier molecular flexibility index (Phi) is 5.89. The van der Waals surface area contributed by atoms with Crippen LogP contribution in [-0.2, 0) is 16.0 Å². The highest BCUT2D eigenvalue weighted by Gasteiger charge is 2.28. The number of carbonyl (C=O) groups is 2. The zero-order valence-corrected chi connectivity index (χ0v) is 16.8. The second-order valence-electron chi connectivity index (χ2n) is 7.87. The zero-order chi connectivity index (χ0) is 20.4. The lowest BCUT2D eigenvalue weighted by Crippen LogP contribution is -2.35. The summed E-state index contributed by atoms with van der Waals surface area (Å²) in [5.74, 6) is 0.689. The fourth-order valence-electron chi connectivity index (χ4n) is 3.93. The topological polar surface area (TPSA) is 72.3 Å². The summed E-state index contributed by atoms with van der Waals surface area (Å²) in [6, 6.07) is 5.06. The molecule has 0 spiro atoms. The molecule has 1 heterocycles. The Morgan fingerprint density at radius 3 is 2.75 bits per heavy atom. The van der Waals surface area contributed by atoms with Gasteiger partial charge in [0, 0.05) is 12.8 Å². The van der Waals surface area contributed by atoms with Gasteiger partial charge < -0.3 is 4.90 Å². The van der Waals surface area contributed by atoms with Crippen LogP contribution in [-0.4, -0.2) is 46.7 Å². The van der Waals surface area contributed by atoms with E-state index in [1.54, 1.807) is 11.5 Å². The minimum absolute atomic E-state index is 0.0150. The molecule has 0 bridgehead atoms. The highest BCUT2D eigenvalue weighted by Crippen LogP contribution is 2.28. The first-order valence-electron chi connectivity index (χ1n) is 9.64. The molecular weight excluding hydrogens is 354 g/mol. The van der Waals surface area contributed by atoms with E-state index in [0.29, 0.717) is 49.0 Å². The Labute approximate surface area is 164 Å². The molecule has 0 radical (unpaired) electrons. The summed E-state index contributed by atoms with van der Waals surface area (Å²) in [7, 11) is 3.72. The van der Waals surface area contributed by atoms with E-state index < -0.39 is 6.04 Å². The van der Waals surface area contributed by atoms with Gasteiger partial charge in [-0.2, -0.15) is 0 Å². The summed E-state index contributed by atoms with van der Waals surface area (Å²) >= 11 is 0. The van der Waals surface area contributed by atoms with E-state index in [-0.39, 0.29) is 17.1 Å². The molecule has 1 aromatic heterocycles. The van der Waals surface area contributed by atoms with Gasteiger partial charge in [0.15, 0.2) is 5.78 Å². The fourth-order valence-corrected chi connectivity index (χ4v) is 3.93. The zero-order valence-electron chi connectivity index (χ0n) is 16.8. The molecule has 1 saturated carbocycles. The number of likely N-dealkylation sites (N-methyl/N-ethyl adjacent to an activating group) is 1. The van der Waals surface area contributed by atoms with E-state index in [2.05, 4.69) is 11.6 Å². The number of carbonyl (C=O) groups excluding carboxylic acids is 2. The van der Waals surface area contributed by atoms with Crippen LogP contribution in [0.1, 0.15) is 43.1 Å². The predicted molar refractivity (Wildman–Crippen MR) is 110 cm³/mol. The average molecular weight is 381 g/mol. The molecule has 1 aliphatic carbocycles. The quantitative estimate of drug-likeness (QED) is 0.719. The number of fused-ring (bicyclic) bond motifs is 1. The smallest absolute Gasteiger partial charge is 0.262 e. The lowest BCUT2D eigenvalue weighted by molar-refractivity contribution is -0.122. The minimum Gasteiger partial charge on any atom is -0.302 e. The molecule has 1 atom stereocenters.